The van der Waals surface area contributed by atoms with Crippen LogP contribution in [0.5, 0.6) is 5.75 Å². The third kappa shape index (κ3) is 3.46. The van der Waals surface area contributed by atoms with Crippen LogP contribution in [0.2, 0.25) is 0 Å². The third-order valence-electron chi connectivity index (χ3n) is 2.86. The highest BCUT2D eigenvalue weighted by Gasteiger charge is 2.29. The van der Waals surface area contributed by atoms with Crippen molar-refractivity contribution in [2.75, 3.05) is 18.6 Å². The van der Waals surface area contributed by atoms with Crippen LogP contribution in [-0.2, 0) is 16.4 Å². The minimum Gasteiger partial charge on any atom is -0.488 e. The first-order chi connectivity index (χ1) is 8.50. The van der Waals surface area contributed by atoms with Gasteiger partial charge in [-0.25, -0.2) is 8.42 Å². The van der Waals surface area contributed by atoms with Crippen molar-refractivity contribution in [2.45, 2.75) is 19.1 Å². The Labute approximate surface area is 116 Å². The molecule has 4 nitrogen and oxygen atoms in total. The Kier molecular flexibility index (Phi) is 4.29. The lowest BCUT2D eigenvalue weighted by molar-refractivity contribution is 0.227. The third-order valence-corrected chi connectivity index (χ3v) is 5.22. The summed E-state index contributed by atoms with van der Waals surface area (Å²) in [6.45, 7) is 0.788. The number of halogens is 1. The van der Waals surface area contributed by atoms with Crippen molar-refractivity contribution in [2.24, 2.45) is 0 Å². The van der Waals surface area contributed by atoms with Crippen LogP contribution in [0.4, 0.5) is 0 Å². The van der Waals surface area contributed by atoms with E-state index < -0.39 is 9.84 Å². The average Bonchev–Trinajstić information content (AvgIpc) is 2.63. The highest BCUT2D eigenvalue weighted by molar-refractivity contribution is 9.10. The van der Waals surface area contributed by atoms with E-state index >= 15 is 0 Å². The summed E-state index contributed by atoms with van der Waals surface area (Å²) in [5.74, 6) is 1.06. The quantitative estimate of drug-likeness (QED) is 0.911. The van der Waals surface area contributed by atoms with Gasteiger partial charge >= 0.3 is 0 Å². The van der Waals surface area contributed by atoms with Gasteiger partial charge in [-0.2, -0.15) is 0 Å². The Morgan fingerprint density at radius 2 is 2.28 bits per heavy atom. The first kappa shape index (κ1) is 13.8. The molecule has 0 spiro atoms. The minimum absolute atomic E-state index is 0.123. The van der Waals surface area contributed by atoms with Crippen LogP contribution in [0.15, 0.2) is 22.7 Å². The Bertz CT molecular complexity index is 530. The Morgan fingerprint density at radius 3 is 2.83 bits per heavy atom. The van der Waals surface area contributed by atoms with Crippen molar-refractivity contribution >= 4 is 25.8 Å². The molecule has 0 radical (unpaired) electrons. The summed E-state index contributed by atoms with van der Waals surface area (Å²) in [6.07, 6.45) is 0.356. The molecule has 1 atom stereocenters. The summed E-state index contributed by atoms with van der Waals surface area (Å²) in [4.78, 5) is 0. The predicted molar refractivity (Wildman–Crippen MR) is 74.6 cm³/mol. The molecule has 0 saturated carbocycles. The molecular formula is C12H16BrNO3S. The normalized spacial score (nSPS) is 22.0. The van der Waals surface area contributed by atoms with Crippen LogP contribution in [0.3, 0.4) is 0 Å². The summed E-state index contributed by atoms with van der Waals surface area (Å²) in [5, 5.41) is 3.07. The van der Waals surface area contributed by atoms with Crippen LogP contribution >= 0.6 is 15.9 Å². The molecule has 18 heavy (non-hydrogen) atoms. The molecule has 0 aliphatic carbocycles. The molecule has 1 aromatic rings. The molecule has 0 amide bonds. The lowest BCUT2D eigenvalue weighted by Crippen LogP contribution is -2.18. The fraction of sp³-hybridized carbons (Fsp3) is 0.500. The van der Waals surface area contributed by atoms with E-state index in [0.29, 0.717) is 12.2 Å². The number of hydrogen-bond acceptors (Lipinski definition) is 4. The molecule has 1 aliphatic heterocycles. The molecular weight excluding hydrogens is 318 g/mol. The van der Waals surface area contributed by atoms with E-state index in [4.69, 9.17) is 4.74 Å². The maximum Gasteiger partial charge on any atom is 0.154 e. The Morgan fingerprint density at radius 1 is 1.50 bits per heavy atom. The number of hydrogen-bond donors (Lipinski definition) is 1. The van der Waals surface area contributed by atoms with Crippen LogP contribution in [0, 0.1) is 0 Å². The standard InChI is InChI=1S/C12H16BrNO3S/c1-14-7-9-2-3-12(11(13)6-9)17-10-4-5-18(15,16)8-10/h2-3,6,10,14H,4-5,7-8H2,1H3. The van der Waals surface area contributed by atoms with Gasteiger partial charge in [-0.05, 0) is 47.1 Å². The van der Waals surface area contributed by atoms with Crippen molar-refractivity contribution in [1.82, 2.24) is 5.32 Å². The molecule has 1 fully saturated rings. The van der Waals surface area contributed by atoms with E-state index in [-0.39, 0.29) is 17.6 Å². The van der Waals surface area contributed by atoms with E-state index in [1.807, 2.05) is 25.2 Å². The molecule has 1 aliphatic rings. The molecule has 1 heterocycles. The molecule has 0 bridgehead atoms. The topological polar surface area (TPSA) is 55.4 Å². The largest absolute Gasteiger partial charge is 0.488 e. The summed E-state index contributed by atoms with van der Waals surface area (Å²) in [7, 11) is -1.00. The number of benzene rings is 1. The molecule has 2 rings (SSSR count). The van der Waals surface area contributed by atoms with Gasteiger partial charge in [0, 0.05) is 6.54 Å². The lowest BCUT2D eigenvalue weighted by Gasteiger charge is -2.14. The second-order valence-corrected chi connectivity index (χ2v) is 7.52. The fourth-order valence-electron chi connectivity index (χ4n) is 1.99. The molecule has 1 saturated heterocycles. The highest BCUT2D eigenvalue weighted by atomic mass is 79.9. The van der Waals surface area contributed by atoms with E-state index in [2.05, 4.69) is 21.2 Å². The van der Waals surface area contributed by atoms with E-state index in [0.717, 1.165) is 16.6 Å². The van der Waals surface area contributed by atoms with Gasteiger partial charge in [-0.1, -0.05) is 6.07 Å². The van der Waals surface area contributed by atoms with Gasteiger partial charge in [0.05, 0.1) is 16.0 Å². The summed E-state index contributed by atoms with van der Waals surface area (Å²) in [6, 6.07) is 5.83. The SMILES string of the molecule is CNCc1ccc(OC2CCS(=O)(=O)C2)c(Br)c1. The molecule has 0 aromatic heterocycles. The van der Waals surface area contributed by atoms with Gasteiger partial charge in [-0.3, -0.25) is 0 Å². The summed E-state index contributed by atoms with van der Waals surface area (Å²) in [5.41, 5.74) is 1.15. The van der Waals surface area contributed by atoms with Gasteiger partial charge < -0.3 is 10.1 Å². The fourth-order valence-corrected chi connectivity index (χ4v) is 4.10. The number of sulfone groups is 1. The maximum absolute atomic E-state index is 11.4. The van der Waals surface area contributed by atoms with Gasteiger partial charge in [0.25, 0.3) is 0 Å². The predicted octanol–water partition coefficient (Wildman–Crippen LogP) is 1.73. The second kappa shape index (κ2) is 5.59. The van der Waals surface area contributed by atoms with Crippen molar-refractivity contribution in [3.05, 3.63) is 28.2 Å². The van der Waals surface area contributed by atoms with E-state index in [1.165, 1.54) is 0 Å². The van der Waals surface area contributed by atoms with Crippen LogP contribution < -0.4 is 10.1 Å². The number of ether oxygens (including phenoxy) is 1. The Balaban J connectivity index is 2.06. The average molecular weight is 334 g/mol. The number of nitrogens with one attached hydrogen (secondary N) is 1. The highest BCUT2D eigenvalue weighted by Crippen LogP contribution is 2.29. The molecule has 1 unspecified atom stereocenters. The zero-order valence-electron chi connectivity index (χ0n) is 10.1. The van der Waals surface area contributed by atoms with Crippen molar-refractivity contribution in [3.63, 3.8) is 0 Å². The van der Waals surface area contributed by atoms with Gasteiger partial charge in [0.15, 0.2) is 9.84 Å². The summed E-state index contributed by atoms with van der Waals surface area (Å²) < 4.78 is 29.3. The zero-order chi connectivity index (χ0) is 13.2. The zero-order valence-corrected chi connectivity index (χ0v) is 12.6. The molecule has 1 aromatic carbocycles. The van der Waals surface area contributed by atoms with Crippen LogP contribution in [0.1, 0.15) is 12.0 Å². The first-order valence-corrected chi connectivity index (χ1v) is 8.42. The van der Waals surface area contributed by atoms with Crippen molar-refractivity contribution in [3.8, 4) is 5.75 Å². The van der Waals surface area contributed by atoms with Gasteiger partial charge in [0.2, 0.25) is 0 Å². The maximum atomic E-state index is 11.4. The minimum atomic E-state index is -2.90. The van der Waals surface area contributed by atoms with Crippen LogP contribution in [0.25, 0.3) is 0 Å². The molecule has 6 heteroatoms. The van der Waals surface area contributed by atoms with Crippen molar-refractivity contribution < 1.29 is 13.2 Å². The summed E-state index contributed by atoms with van der Waals surface area (Å²) >= 11 is 3.45. The molecule has 100 valence electrons. The van der Waals surface area contributed by atoms with Gasteiger partial charge in [-0.15, -0.1) is 0 Å². The van der Waals surface area contributed by atoms with Crippen LogP contribution in [-0.4, -0.2) is 33.1 Å². The number of rotatable bonds is 4. The smallest absolute Gasteiger partial charge is 0.154 e. The monoisotopic (exact) mass is 333 g/mol. The van der Waals surface area contributed by atoms with E-state index in [9.17, 15) is 8.42 Å². The lowest BCUT2D eigenvalue weighted by atomic mass is 10.2. The second-order valence-electron chi connectivity index (χ2n) is 4.44. The van der Waals surface area contributed by atoms with E-state index in [1.54, 1.807) is 0 Å². The van der Waals surface area contributed by atoms with Crippen molar-refractivity contribution in [1.29, 1.82) is 0 Å². The first-order valence-electron chi connectivity index (χ1n) is 5.80. The van der Waals surface area contributed by atoms with Gasteiger partial charge in [0.1, 0.15) is 11.9 Å². The molecule has 1 N–H and O–H groups in total. The Hall–Kier alpha value is -0.590.